The summed E-state index contributed by atoms with van der Waals surface area (Å²) >= 11 is 1.47. The molecule has 1 aromatic carbocycles. The van der Waals surface area contributed by atoms with Crippen molar-refractivity contribution in [2.75, 3.05) is 70.0 Å². The Morgan fingerprint density at radius 2 is 1.46 bits per heavy atom. The number of nitrogens with zero attached hydrogens (tertiary/aromatic N) is 1. The minimum Gasteiger partial charge on any atom is -0.460 e. The summed E-state index contributed by atoms with van der Waals surface area (Å²) in [5.41, 5.74) is 2.82. The Kier molecular flexibility index (Phi) is 14.4. The quantitative estimate of drug-likeness (QED) is 0.199. The number of ether oxygens (including phenoxy) is 5. The third-order valence-electron chi connectivity index (χ3n) is 5.38. The highest BCUT2D eigenvalue weighted by atomic mass is 32.1. The summed E-state index contributed by atoms with van der Waals surface area (Å²) in [4.78, 5) is 29.8. The summed E-state index contributed by atoms with van der Waals surface area (Å²) < 4.78 is 27.1. The van der Waals surface area contributed by atoms with Crippen molar-refractivity contribution in [2.24, 2.45) is 0 Å². The second-order valence-electron chi connectivity index (χ2n) is 9.81. The molecule has 2 rings (SSSR count). The maximum atomic E-state index is 12.7. The Morgan fingerprint density at radius 3 is 2.03 bits per heavy atom. The first-order valence-corrected chi connectivity index (χ1v) is 14.0. The summed E-state index contributed by atoms with van der Waals surface area (Å²) in [5, 5.41) is 6.82. The van der Waals surface area contributed by atoms with Crippen molar-refractivity contribution in [2.45, 2.75) is 53.6 Å². The van der Waals surface area contributed by atoms with E-state index in [-0.39, 0.29) is 18.3 Å². The lowest BCUT2D eigenvalue weighted by Gasteiger charge is -2.19. The molecule has 0 aliphatic carbocycles. The van der Waals surface area contributed by atoms with Gasteiger partial charge in [-0.1, -0.05) is 6.07 Å². The van der Waals surface area contributed by atoms with Crippen molar-refractivity contribution in [1.29, 1.82) is 0 Å². The van der Waals surface area contributed by atoms with E-state index >= 15 is 0 Å². The van der Waals surface area contributed by atoms with E-state index in [2.05, 4.69) is 15.6 Å². The maximum absolute atomic E-state index is 12.7. The van der Waals surface area contributed by atoms with E-state index in [9.17, 15) is 9.59 Å². The average molecular weight is 566 g/mol. The molecule has 0 bridgehead atoms. The highest BCUT2D eigenvalue weighted by molar-refractivity contribution is 7.15. The molecule has 39 heavy (non-hydrogen) atoms. The lowest BCUT2D eigenvalue weighted by molar-refractivity contribution is -0.156. The molecule has 10 nitrogen and oxygen atoms in total. The first-order chi connectivity index (χ1) is 18.6. The molecular weight excluding hydrogens is 522 g/mol. The molecule has 218 valence electrons. The zero-order valence-corrected chi connectivity index (χ0v) is 24.8. The number of aromatic nitrogens is 1. The van der Waals surface area contributed by atoms with E-state index in [0.29, 0.717) is 70.1 Å². The van der Waals surface area contributed by atoms with Gasteiger partial charge in [0.15, 0.2) is 5.13 Å². The molecule has 0 radical (unpaired) electrons. The van der Waals surface area contributed by atoms with Crippen LogP contribution in [0.5, 0.6) is 0 Å². The lowest BCUT2D eigenvalue weighted by atomic mass is 10.1. The van der Waals surface area contributed by atoms with E-state index in [0.717, 1.165) is 21.8 Å². The number of hydrogen-bond donors (Lipinski definition) is 2. The smallest absolute Gasteiger partial charge is 0.308 e. The lowest BCUT2D eigenvalue weighted by Crippen LogP contribution is -2.24. The molecule has 2 aromatic rings. The molecule has 11 heteroatoms. The van der Waals surface area contributed by atoms with Crippen molar-refractivity contribution in [3.8, 4) is 0 Å². The van der Waals surface area contributed by atoms with Gasteiger partial charge in [0.2, 0.25) is 0 Å². The molecular formula is C28H43N3O7S. The van der Waals surface area contributed by atoms with Crippen LogP contribution in [0, 0.1) is 20.8 Å². The summed E-state index contributed by atoms with van der Waals surface area (Å²) in [6.45, 7) is 15.5. The molecule has 0 spiro atoms. The predicted octanol–water partition coefficient (Wildman–Crippen LogP) is 4.53. The van der Waals surface area contributed by atoms with Crippen molar-refractivity contribution < 1.29 is 33.3 Å². The van der Waals surface area contributed by atoms with Crippen LogP contribution in [-0.4, -0.2) is 81.9 Å². The van der Waals surface area contributed by atoms with Gasteiger partial charge in [-0.15, -0.1) is 11.3 Å². The van der Waals surface area contributed by atoms with Crippen LogP contribution in [0.15, 0.2) is 18.2 Å². The zero-order chi connectivity index (χ0) is 28.7. The summed E-state index contributed by atoms with van der Waals surface area (Å²) in [5.74, 6) is -0.440. The molecule has 0 unspecified atom stereocenters. The molecule has 1 aromatic heterocycles. The Bertz CT molecular complexity index is 1020. The van der Waals surface area contributed by atoms with Gasteiger partial charge in [-0.2, -0.15) is 0 Å². The number of carbonyl (C=O) groups excluding carboxylic acids is 2. The van der Waals surface area contributed by atoms with Crippen LogP contribution in [-0.2, 0) is 28.5 Å². The van der Waals surface area contributed by atoms with E-state index in [4.69, 9.17) is 23.7 Å². The van der Waals surface area contributed by atoms with Gasteiger partial charge < -0.3 is 29.0 Å². The van der Waals surface area contributed by atoms with Gasteiger partial charge in [-0.25, -0.2) is 4.98 Å². The Hall–Kier alpha value is -2.57. The van der Waals surface area contributed by atoms with Crippen LogP contribution >= 0.6 is 11.3 Å². The highest BCUT2D eigenvalue weighted by Crippen LogP contribution is 2.24. The number of thiazole rings is 1. The molecule has 1 amide bonds. The maximum Gasteiger partial charge on any atom is 0.308 e. The standard InChI is InChI=1S/C28H43N3O7S/c1-20-23(26(33)31-27-30-21(2)22(3)39-27)8-7-9-24(20)29-11-13-35-15-17-37-19-18-36-16-14-34-12-10-25(32)38-28(4,5)6/h7-9,29H,10-19H2,1-6H3,(H,30,31,33). The first-order valence-electron chi connectivity index (χ1n) is 13.2. The largest absolute Gasteiger partial charge is 0.460 e. The summed E-state index contributed by atoms with van der Waals surface area (Å²) in [6.07, 6.45) is 0.229. The van der Waals surface area contributed by atoms with E-state index in [1.165, 1.54) is 11.3 Å². The van der Waals surface area contributed by atoms with Crippen LogP contribution in [0.3, 0.4) is 0 Å². The van der Waals surface area contributed by atoms with Crippen LogP contribution in [0.1, 0.15) is 53.7 Å². The average Bonchev–Trinajstić information content (AvgIpc) is 3.17. The number of benzene rings is 1. The number of rotatable bonds is 18. The number of anilines is 2. The van der Waals surface area contributed by atoms with Gasteiger partial charge in [0.05, 0.1) is 65.0 Å². The number of aryl methyl sites for hydroxylation is 2. The third-order valence-corrected chi connectivity index (χ3v) is 6.36. The van der Waals surface area contributed by atoms with Crippen molar-refractivity contribution in [1.82, 2.24) is 4.98 Å². The normalized spacial score (nSPS) is 11.4. The van der Waals surface area contributed by atoms with Crippen molar-refractivity contribution in [3.05, 3.63) is 39.9 Å². The van der Waals surface area contributed by atoms with Crippen LogP contribution in [0.25, 0.3) is 0 Å². The van der Waals surface area contributed by atoms with Crippen LogP contribution in [0.2, 0.25) is 0 Å². The molecule has 0 aliphatic rings. The monoisotopic (exact) mass is 565 g/mol. The molecule has 2 N–H and O–H groups in total. The number of hydrogen-bond acceptors (Lipinski definition) is 10. The van der Waals surface area contributed by atoms with E-state index < -0.39 is 5.60 Å². The highest BCUT2D eigenvalue weighted by Gasteiger charge is 2.16. The fourth-order valence-electron chi connectivity index (χ4n) is 3.33. The van der Waals surface area contributed by atoms with Gasteiger partial charge in [0.25, 0.3) is 5.91 Å². The third kappa shape index (κ3) is 13.4. The van der Waals surface area contributed by atoms with Gasteiger partial charge >= 0.3 is 5.97 Å². The second-order valence-corrected chi connectivity index (χ2v) is 11.0. The molecule has 0 saturated heterocycles. The van der Waals surface area contributed by atoms with Crippen molar-refractivity contribution in [3.63, 3.8) is 0 Å². The van der Waals surface area contributed by atoms with E-state index in [1.54, 1.807) is 6.07 Å². The second kappa shape index (κ2) is 17.2. The molecule has 0 atom stereocenters. The first kappa shape index (κ1) is 32.6. The predicted molar refractivity (Wildman–Crippen MR) is 153 cm³/mol. The zero-order valence-electron chi connectivity index (χ0n) is 24.0. The van der Waals surface area contributed by atoms with Crippen LogP contribution in [0.4, 0.5) is 10.8 Å². The fraction of sp³-hybridized carbons (Fsp3) is 0.607. The minimum atomic E-state index is -0.476. The van der Waals surface area contributed by atoms with Gasteiger partial charge in [-0.05, 0) is 59.2 Å². The Morgan fingerprint density at radius 1 is 0.872 bits per heavy atom. The Balaban J connectivity index is 1.47. The van der Waals surface area contributed by atoms with Crippen molar-refractivity contribution >= 4 is 34.0 Å². The van der Waals surface area contributed by atoms with Gasteiger partial charge in [-0.3, -0.25) is 14.9 Å². The summed E-state index contributed by atoms with van der Waals surface area (Å²) in [7, 11) is 0. The molecule has 0 saturated carbocycles. The van der Waals surface area contributed by atoms with Gasteiger partial charge in [0.1, 0.15) is 5.60 Å². The Labute approximate surface area is 235 Å². The summed E-state index contributed by atoms with van der Waals surface area (Å²) in [6, 6.07) is 5.61. The number of esters is 1. The van der Waals surface area contributed by atoms with Crippen LogP contribution < -0.4 is 10.6 Å². The number of carbonyl (C=O) groups is 2. The molecule has 0 fully saturated rings. The fourth-order valence-corrected chi connectivity index (χ4v) is 4.14. The minimum absolute atomic E-state index is 0.173. The topological polar surface area (TPSA) is 117 Å². The molecule has 1 heterocycles. The van der Waals surface area contributed by atoms with E-state index in [1.807, 2.05) is 53.7 Å². The van der Waals surface area contributed by atoms with Gasteiger partial charge in [0, 0.05) is 22.7 Å². The number of amides is 1. The number of nitrogens with one attached hydrogen (secondary N) is 2. The molecule has 0 aliphatic heterocycles. The SMILES string of the molecule is Cc1nc(NC(=O)c2cccc(NCCOCCOCCOCCOCCC(=O)OC(C)(C)C)c2C)sc1C.